The average molecular weight is 595 g/mol. The van der Waals surface area contributed by atoms with E-state index in [1.807, 2.05) is 6.08 Å². The van der Waals surface area contributed by atoms with Crippen molar-refractivity contribution in [2.24, 2.45) is 11.8 Å². The standard InChI is InChI=1S/C35H62O7/c1-3-5-7-8-9-10-11-12-13-18-22-34(39)41-26-27-42-35(40)23-19-15-14-17-21-30-31(33(38)28-32(30)37)25-24-29(36)20-16-6-4-2/h24-25,29-31,33,36,38H,3-23,26-28H2,1-2H3/b25-24+/t29-,30+,31+,33+/m0/s1. The van der Waals surface area contributed by atoms with Crippen molar-refractivity contribution in [1.29, 1.82) is 0 Å². The first-order valence-electron chi connectivity index (χ1n) is 17.3. The Bertz CT molecular complexity index is 735. The summed E-state index contributed by atoms with van der Waals surface area (Å²) in [6.45, 7) is 4.56. The minimum atomic E-state index is -0.671. The molecular weight excluding hydrogens is 532 g/mol. The second kappa shape index (κ2) is 25.7. The van der Waals surface area contributed by atoms with Crippen LogP contribution in [0.25, 0.3) is 0 Å². The molecule has 42 heavy (non-hydrogen) atoms. The van der Waals surface area contributed by atoms with Crippen LogP contribution in [0.2, 0.25) is 0 Å². The lowest BCUT2D eigenvalue weighted by molar-refractivity contribution is -0.152. The summed E-state index contributed by atoms with van der Waals surface area (Å²) in [5, 5.41) is 20.5. The molecule has 7 nitrogen and oxygen atoms in total. The molecule has 0 radical (unpaired) electrons. The lowest BCUT2D eigenvalue weighted by atomic mass is 9.88. The van der Waals surface area contributed by atoms with Crippen molar-refractivity contribution in [3.63, 3.8) is 0 Å². The Kier molecular flexibility index (Phi) is 23.5. The van der Waals surface area contributed by atoms with Gasteiger partial charge in [0.1, 0.15) is 19.0 Å². The number of ketones is 1. The molecule has 7 heteroatoms. The van der Waals surface area contributed by atoms with Crippen molar-refractivity contribution in [2.45, 2.75) is 167 Å². The van der Waals surface area contributed by atoms with Crippen LogP contribution in [0.4, 0.5) is 0 Å². The Labute approximate surface area is 256 Å². The Morgan fingerprint density at radius 3 is 1.79 bits per heavy atom. The number of unbranched alkanes of at least 4 members (excludes halogenated alkanes) is 14. The maximum absolute atomic E-state index is 12.4. The van der Waals surface area contributed by atoms with E-state index in [9.17, 15) is 24.6 Å². The fourth-order valence-corrected chi connectivity index (χ4v) is 5.75. The van der Waals surface area contributed by atoms with E-state index < -0.39 is 12.2 Å². The van der Waals surface area contributed by atoms with E-state index in [-0.39, 0.29) is 49.2 Å². The van der Waals surface area contributed by atoms with Crippen molar-refractivity contribution in [3.05, 3.63) is 12.2 Å². The molecule has 0 aromatic rings. The number of carbonyl (C=O) groups excluding carboxylic acids is 3. The molecule has 0 aromatic carbocycles. The first-order chi connectivity index (χ1) is 20.4. The fraction of sp³-hybridized carbons (Fsp3) is 0.857. The van der Waals surface area contributed by atoms with Crippen LogP contribution in [-0.4, -0.2) is 53.4 Å². The van der Waals surface area contributed by atoms with Gasteiger partial charge in [-0.2, -0.15) is 0 Å². The lowest BCUT2D eigenvalue weighted by Gasteiger charge is -2.18. The van der Waals surface area contributed by atoms with Gasteiger partial charge in [0.2, 0.25) is 0 Å². The molecule has 1 saturated carbocycles. The van der Waals surface area contributed by atoms with Crippen LogP contribution < -0.4 is 0 Å². The van der Waals surface area contributed by atoms with Gasteiger partial charge < -0.3 is 19.7 Å². The van der Waals surface area contributed by atoms with Gasteiger partial charge >= 0.3 is 11.9 Å². The molecule has 0 aromatic heterocycles. The van der Waals surface area contributed by atoms with Crippen molar-refractivity contribution in [2.75, 3.05) is 13.2 Å². The summed E-state index contributed by atoms with van der Waals surface area (Å²) in [5.74, 6) is -0.822. The van der Waals surface area contributed by atoms with E-state index in [0.29, 0.717) is 32.1 Å². The third-order valence-corrected chi connectivity index (χ3v) is 8.38. The van der Waals surface area contributed by atoms with Crippen LogP contribution in [0.3, 0.4) is 0 Å². The second-order valence-corrected chi connectivity index (χ2v) is 12.2. The Balaban J connectivity index is 2.03. The number of esters is 2. The molecular formula is C35H62O7. The molecule has 1 aliphatic rings. The number of Topliss-reactive ketones (excluding diaryl/α,β-unsaturated/α-hetero) is 1. The summed E-state index contributed by atoms with van der Waals surface area (Å²) in [6, 6.07) is 0. The van der Waals surface area contributed by atoms with Crippen LogP contribution in [-0.2, 0) is 23.9 Å². The van der Waals surface area contributed by atoms with E-state index in [2.05, 4.69) is 13.8 Å². The SMILES string of the molecule is CCCCCCCCCCCCC(=O)OCCOC(=O)CCCCCC[C@H]1C(=O)C[C@@H](O)[C@@H]1/C=C/[C@@H](O)CCCCC. The molecule has 244 valence electrons. The molecule has 1 fully saturated rings. The Hall–Kier alpha value is -1.73. The van der Waals surface area contributed by atoms with E-state index in [1.165, 1.54) is 51.4 Å². The second-order valence-electron chi connectivity index (χ2n) is 12.2. The summed E-state index contributed by atoms with van der Waals surface area (Å²) < 4.78 is 10.4. The number of carbonyl (C=O) groups is 3. The molecule has 0 heterocycles. The Morgan fingerprint density at radius 1 is 0.762 bits per heavy atom. The third kappa shape index (κ3) is 19.5. The zero-order chi connectivity index (χ0) is 30.8. The molecule has 1 aliphatic carbocycles. The summed E-state index contributed by atoms with van der Waals surface area (Å²) >= 11 is 0. The van der Waals surface area contributed by atoms with Gasteiger partial charge in [-0.05, 0) is 25.7 Å². The van der Waals surface area contributed by atoms with Crippen molar-refractivity contribution >= 4 is 17.7 Å². The molecule has 1 rings (SSSR count). The van der Waals surface area contributed by atoms with Gasteiger partial charge in [0, 0.05) is 31.1 Å². The monoisotopic (exact) mass is 594 g/mol. The molecule has 2 N–H and O–H groups in total. The highest BCUT2D eigenvalue weighted by molar-refractivity contribution is 5.84. The largest absolute Gasteiger partial charge is 0.462 e. The van der Waals surface area contributed by atoms with E-state index in [0.717, 1.165) is 51.4 Å². The summed E-state index contributed by atoms with van der Waals surface area (Å²) in [5.41, 5.74) is 0. The van der Waals surface area contributed by atoms with E-state index >= 15 is 0 Å². The predicted molar refractivity (Wildman–Crippen MR) is 168 cm³/mol. The molecule has 0 unspecified atom stereocenters. The van der Waals surface area contributed by atoms with Crippen LogP contribution in [0.5, 0.6) is 0 Å². The highest BCUT2D eigenvalue weighted by atomic mass is 16.6. The fourth-order valence-electron chi connectivity index (χ4n) is 5.75. The molecule has 0 aliphatic heterocycles. The van der Waals surface area contributed by atoms with Crippen LogP contribution in [0.15, 0.2) is 12.2 Å². The number of rotatable bonds is 27. The van der Waals surface area contributed by atoms with Crippen molar-refractivity contribution in [1.82, 2.24) is 0 Å². The number of aliphatic hydroxyl groups excluding tert-OH is 2. The van der Waals surface area contributed by atoms with Gasteiger partial charge in [0.05, 0.1) is 12.2 Å². The number of hydrogen-bond acceptors (Lipinski definition) is 7. The lowest BCUT2D eigenvalue weighted by Crippen LogP contribution is -2.19. The average Bonchev–Trinajstić information content (AvgIpc) is 3.24. The van der Waals surface area contributed by atoms with Gasteiger partial charge in [0.25, 0.3) is 0 Å². The summed E-state index contributed by atoms with van der Waals surface area (Å²) in [7, 11) is 0. The highest BCUT2D eigenvalue weighted by Crippen LogP contribution is 2.34. The van der Waals surface area contributed by atoms with Gasteiger partial charge in [-0.3, -0.25) is 14.4 Å². The summed E-state index contributed by atoms with van der Waals surface area (Å²) in [4.78, 5) is 36.2. The molecule has 0 spiro atoms. The number of aliphatic hydroxyl groups is 2. The number of hydrogen-bond donors (Lipinski definition) is 2. The van der Waals surface area contributed by atoms with E-state index in [4.69, 9.17) is 9.47 Å². The molecule has 0 saturated heterocycles. The first-order valence-corrected chi connectivity index (χ1v) is 17.3. The molecule has 4 atom stereocenters. The van der Waals surface area contributed by atoms with Crippen LogP contribution in [0, 0.1) is 11.8 Å². The topological polar surface area (TPSA) is 110 Å². The van der Waals surface area contributed by atoms with Gasteiger partial charge in [0.15, 0.2) is 0 Å². The normalized spacial score (nSPS) is 19.4. The minimum Gasteiger partial charge on any atom is -0.462 e. The maximum Gasteiger partial charge on any atom is 0.305 e. The zero-order valence-electron chi connectivity index (χ0n) is 26.9. The zero-order valence-corrected chi connectivity index (χ0v) is 26.9. The van der Waals surface area contributed by atoms with Gasteiger partial charge in [-0.15, -0.1) is 0 Å². The smallest absolute Gasteiger partial charge is 0.305 e. The summed E-state index contributed by atoms with van der Waals surface area (Å²) in [6.07, 6.45) is 23.5. The van der Waals surface area contributed by atoms with Gasteiger partial charge in [-0.1, -0.05) is 122 Å². The van der Waals surface area contributed by atoms with Crippen molar-refractivity contribution in [3.8, 4) is 0 Å². The molecule has 0 amide bonds. The minimum absolute atomic E-state index is 0.0942. The van der Waals surface area contributed by atoms with Gasteiger partial charge in [-0.25, -0.2) is 0 Å². The number of ether oxygens (including phenoxy) is 2. The molecule has 0 bridgehead atoms. The highest BCUT2D eigenvalue weighted by Gasteiger charge is 2.39. The third-order valence-electron chi connectivity index (χ3n) is 8.38. The van der Waals surface area contributed by atoms with Crippen LogP contribution >= 0.6 is 0 Å². The first kappa shape index (κ1) is 38.3. The Morgan fingerprint density at radius 2 is 1.24 bits per heavy atom. The maximum atomic E-state index is 12.4. The quantitative estimate of drug-likeness (QED) is 0.0567. The van der Waals surface area contributed by atoms with Crippen molar-refractivity contribution < 1.29 is 34.1 Å². The predicted octanol–water partition coefficient (Wildman–Crippen LogP) is 7.79. The van der Waals surface area contributed by atoms with Crippen LogP contribution in [0.1, 0.15) is 155 Å². The van der Waals surface area contributed by atoms with E-state index in [1.54, 1.807) is 6.08 Å².